The van der Waals surface area contributed by atoms with Gasteiger partial charge in [-0.3, -0.25) is 14.6 Å². The number of aromatic nitrogens is 3. The van der Waals surface area contributed by atoms with Gasteiger partial charge in [0.05, 0.1) is 29.7 Å². The van der Waals surface area contributed by atoms with Crippen LogP contribution < -0.4 is 5.32 Å². The summed E-state index contributed by atoms with van der Waals surface area (Å²) in [6.45, 7) is 0. The lowest BCUT2D eigenvalue weighted by atomic mass is 9.99. The van der Waals surface area contributed by atoms with Gasteiger partial charge < -0.3 is 20.5 Å². The van der Waals surface area contributed by atoms with Crippen molar-refractivity contribution < 1.29 is 37.8 Å². The van der Waals surface area contributed by atoms with E-state index in [4.69, 9.17) is 20.0 Å². The van der Waals surface area contributed by atoms with E-state index in [9.17, 15) is 22.8 Å². The number of fused-ring (bicyclic) bond motifs is 4. The minimum absolute atomic E-state index is 0.0560. The van der Waals surface area contributed by atoms with Crippen LogP contribution in [-0.4, -0.2) is 49.2 Å². The molecule has 4 N–H and O–H groups in total. The molecule has 12 heteroatoms. The van der Waals surface area contributed by atoms with Crippen molar-refractivity contribution in [3.8, 4) is 22.5 Å². The maximum atomic E-state index is 12.4. The lowest BCUT2D eigenvalue weighted by Crippen LogP contribution is -2.28. The number of aromatic amines is 1. The molecule has 0 radical (unpaired) electrons. The minimum Gasteiger partial charge on any atom is -0.481 e. The van der Waals surface area contributed by atoms with Gasteiger partial charge in [-0.25, -0.2) is 9.78 Å². The van der Waals surface area contributed by atoms with Crippen LogP contribution >= 0.6 is 0 Å². The smallest absolute Gasteiger partial charge is 0.481 e. The number of hydrogen-bond acceptors (Lipinski definition) is 5. The largest absolute Gasteiger partial charge is 0.490 e. The van der Waals surface area contributed by atoms with Crippen molar-refractivity contribution >= 4 is 28.9 Å². The Kier molecular flexibility index (Phi) is 6.92. The van der Waals surface area contributed by atoms with Crippen LogP contribution in [0.25, 0.3) is 33.5 Å². The van der Waals surface area contributed by atoms with E-state index in [0.29, 0.717) is 0 Å². The SMILES string of the molecule is O=C(O)C(F)(F)F.O=C(O)CCC(=O)NC1c2ccccc2-c2c(-c3nc4ccncc4[nH]3)cccc21. The second-order valence-electron chi connectivity index (χ2n) is 8.03. The van der Waals surface area contributed by atoms with E-state index in [0.717, 1.165) is 44.7 Å². The molecule has 0 fully saturated rings. The summed E-state index contributed by atoms with van der Waals surface area (Å²) in [4.78, 5) is 44.3. The molecule has 2 aromatic heterocycles. The monoisotopic (exact) mass is 512 g/mol. The molecule has 2 heterocycles. The Bertz CT molecular complexity index is 1470. The van der Waals surface area contributed by atoms with Crippen LogP contribution in [-0.2, 0) is 14.4 Å². The summed E-state index contributed by atoms with van der Waals surface area (Å²) in [7, 11) is 0. The Hall–Kier alpha value is -4.74. The molecule has 2 aromatic carbocycles. The van der Waals surface area contributed by atoms with Crippen molar-refractivity contribution in [1.82, 2.24) is 20.3 Å². The number of benzene rings is 2. The van der Waals surface area contributed by atoms with Gasteiger partial charge in [-0.1, -0.05) is 42.5 Å². The third-order valence-corrected chi connectivity index (χ3v) is 5.60. The molecule has 4 aromatic rings. The van der Waals surface area contributed by atoms with Gasteiger partial charge in [0.1, 0.15) is 5.82 Å². The first-order chi connectivity index (χ1) is 17.6. The summed E-state index contributed by atoms with van der Waals surface area (Å²) < 4.78 is 31.7. The molecular formula is C25H19F3N4O5. The highest BCUT2D eigenvalue weighted by Gasteiger charge is 2.38. The zero-order valence-electron chi connectivity index (χ0n) is 18.9. The summed E-state index contributed by atoms with van der Waals surface area (Å²) >= 11 is 0. The van der Waals surface area contributed by atoms with Crippen molar-refractivity contribution in [2.24, 2.45) is 0 Å². The van der Waals surface area contributed by atoms with Gasteiger partial charge in [0.25, 0.3) is 0 Å². The lowest BCUT2D eigenvalue weighted by Gasteiger charge is -2.16. The number of rotatable bonds is 5. The fourth-order valence-corrected chi connectivity index (χ4v) is 4.05. The number of halogens is 3. The predicted molar refractivity (Wildman–Crippen MR) is 125 cm³/mol. The Morgan fingerprint density at radius 2 is 1.62 bits per heavy atom. The van der Waals surface area contributed by atoms with Gasteiger partial charge in [0.2, 0.25) is 5.91 Å². The fourth-order valence-electron chi connectivity index (χ4n) is 4.05. The van der Waals surface area contributed by atoms with E-state index in [1.165, 1.54) is 0 Å². The second-order valence-corrected chi connectivity index (χ2v) is 8.03. The van der Waals surface area contributed by atoms with Crippen molar-refractivity contribution in [1.29, 1.82) is 0 Å². The maximum Gasteiger partial charge on any atom is 0.490 e. The van der Waals surface area contributed by atoms with Crippen LogP contribution in [0.1, 0.15) is 30.0 Å². The summed E-state index contributed by atoms with van der Waals surface area (Å²) in [5.41, 5.74) is 6.64. The number of amides is 1. The number of carbonyl (C=O) groups excluding carboxylic acids is 1. The molecule has 0 saturated heterocycles. The summed E-state index contributed by atoms with van der Waals surface area (Å²) in [6.07, 6.45) is -1.88. The van der Waals surface area contributed by atoms with E-state index in [1.54, 1.807) is 12.4 Å². The van der Waals surface area contributed by atoms with Crippen molar-refractivity contribution in [3.05, 3.63) is 72.1 Å². The molecule has 0 bridgehead atoms. The van der Waals surface area contributed by atoms with Crippen LogP contribution in [0.15, 0.2) is 60.9 Å². The molecule has 1 amide bonds. The summed E-state index contributed by atoms with van der Waals surface area (Å²) in [6, 6.07) is 15.4. The van der Waals surface area contributed by atoms with E-state index in [-0.39, 0.29) is 24.8 Å². The van der Waals surface area contributed by atoms with E-state index in [2.05, 4.69) is 15.3 Å². The third-order valence-electron chi connectivity index (χ3n) is 5.60. The number of hydrogen-bond donors (Lipinski definition) is 4. The van der Waals surface area contributed by atoms with Gasteiger partial charge in [-0.2, -0.15) is 13.2 Å². The standard InChI is InChI=1S/C23H18N4O3.C2HF3O2/c28-19(8-9-20(29)30)27-22-14-5-2-1-4-13(14)21-15(22)6-3-7-16(21)23-25-17-10-11-24-12-18(17)26-23;3-2(4,5)1(6)7/h1-7,10-12,22H,8-9H2,(H,25,26)(H,27,28)(H,29,30);(H,6,7). The van der Waals surface area contributed by atoms with Crippen molar-refractivity contribution in [2.75, 3.05) is 0 Å². The lowest BCUT2D eigenvalue weighted by molar-refractivity contribution is -0.192. The quantitative estimate of drug-likeness (QED) is 0.312. The average Bonchev–Trinajstić information content (AvgIpc) is 3.42. The number of H-pyrrole nitrogens is 1. The molecule has 5 rings (SSSR count). The number of nitrogens with one attached hydrogen (secondary N) is 2. The third kappa shape index (κ3) is 5.42. The van der Waals surface area contributed by atoms with Crippen LogP contribution in [0, 0.1) is 0 Å². The molecule has 1 atom stereocenters. The predicted octanol–water partition coefficient (Wildman–Crippen LogP) is 4.31. The van der Waals surface area contributed by atoms with Gasteiger partial charge in [0, 0.05) is 18.2 Å². The first kappa shape index (κ1) is 25.4. The molecule has 0 aliphatic heterocycles. The second kappa shape index (κ2) is 10.1. The van der Waals surface area contributed by atoms with E-state index >= 15 is 0 Å². The Balaban J connectivity index is 0.000000405. The van der Waals surface area contributed by atoms with Crippen LogP contribution in [0.3, 0.4) is 0 Å². The summed E-state index contributed by atoms with van der Waals surface area (Å²) in [5.74, 6) is -3.29. The average molecular weight is 512 g/mol. The first-order valence-electron chi connectivity index (χ1n) is 10.9. The fraction of sp³-hybridized carbons (Fsp3) is 0.160. The van der Waals surface area contributed by atoms with Gasteiger partial charge in [0.15, 0.2) is 0 Å². The highest BCUT2D eigenvalue weighted by atomic mass is 19.4. The molecule has 1 aliphatic rings. The zero-order chi connectivity index (χ0) is 26.7. The van der Waals surface area contributed by atoms with Crippen LogP contribution in [0.4, 0.5) is 13.2 Å². The number of carboxylic acids is 2. The van der Waals surface area contributed by atoms with Gasteiger partial charge in [-0.05, 0) is 28.3 Å². The van der Waals surface area contributed by atoms with Crippen molar-refractivity contribution in [3.63, 3.8) is 0 Å². The first-order valence-corrected chi connectivity index (χ1v) is 10.9. The Labute approximate surface area is 207 Å². The highest BCUT2D eigenvalue weighted by molar-refractivity contribution is 5.93. The number of aliphatic carboxylic acids is 2. The number of carboxylic acid groups (broad SMARTS) is 2. The Morgan fingerprint density at radius 1 is 0.946 bits per heavy atom. The normalized spacial score (nSPS) is 13.8. The number of imidazole rings is 1. The molecule has 1 unspecified atom stereocenters. The van der Waals surface area contributed by atoms with E-state index < -0.39 is 18.1 Å². The molecule has 0 saturated carbocycles. The highest BCUT2D eigenvalue weighted by Crippen LogP contribution is 2.47. The number of alkyl halides is 3. The van der Waals surface area contributed by atoms with Gasteiger partial charge in [-0.15, -0.1) is 0 Å². The summed E-state index contributed by atoms with van der Waals surface area (Å²) in [5, 5.41) is 19.0. The molecular weight excluding hydrogens is 493 g/mol. The topological polar surface area (TPSA) is 145 Å². The molecule has 9 nitrogen and oxygen atoms in total. The van der Waals surface area contributed by atoms with Crippen LogP contribution in [0.2, 0.25) is 0 Å². The minimum atomic E-state index is -5.08. The number of pyridine rings is 1. The maximum absolute atomic E-state index is 12.4. The molecule has 190 valence electrons. The molecule has 37 heavy (non-hydrogen) atoms. The zero-order valence-corrected chi connectivity index (χ0v) is 18.9. The number of nitrogens with zero attached hydrogens (tertiary/aromatic N) is 2. The van der Waals surface area contributed by atoms with Gasteiger partial charge >= 0.3 is 18.1 Å². The Morgan fingerprint density at radius 3 is 2.30 bits per heavy atom. The van der Waals surface area contributed by atoms with Crippen LogP contribution in [0.5, 0.6) is 0 Å². The molecule has 0 spiro atoms. The number of carbonyl (C=O) groups is 3. The van der Waals surface area contributed by atoms with Crippen molar-refractivity contribution in [2.45, 2.75) is 25.1 Å². The van der Waals surface area contributed by atoms with E-state index in [1.807, 2.05) is 48.5 Å². The molecule has 1 aliphatic carbocycles.